The summed E-state index contributed by atoms with van der Waals surface area (Å²) in [7, 11) is 1.68. The molecule has 1 unspecified atom stereocenters. The Labute approximate surface area is 91.1 Å². The third-order valence-electron chi connectivity index (χ3n) is 2.31. The first kappa shape index (κ1) is 12.0. The van der Waals surface area contributed by atoms with Crippen molar-refractivity contribution in [2.24, 2.45) is 5.92 Å². The predicted octanol–water partition coefficient (Wildman–Crippen LogP) is 1.41. The second-order valence-corrected chi connectivity index (χ2v) is 3.73. The van der Waals surface area contributed by atoms with Gasteiger partial charge in [-0.25, -0.2) is 0 Å². The van der Waals surface area contributed by atoms with Crippen molar-refractivity contribution in [3.8, 4) is 5.75 Å². The third kappa shape index (κ3) is 3.90. The van der Waals surface area contributed by atoms with Gasteiger partial charge in [-0.1, -0.05) is 25.1 Å². The maximum absolute atomic E-state index is 8.87. The fourth-order valence-electron chi connectivity index (χ4n) is 1.37. The molecule has 1 aromatic rings. The van der Waals surface area contributed by atoms with Crippen LogP contribution in [0.15, 0.2) is 24.3 Å². The highest BCUT2D eigenvalue weighted by Crippen LogP contribution is 2.16. The van der Waals surface area contributed by atoms with Gasteiger partial charge < -0.3 is 15.2 Å². The lowest BCUT2D eigenvalue weighted by Gasteiger charge is -2.11. The fourth-order valence-corrected chi connectivity index (χ4v) is 1.37. The van der Waals surface area contributed by atoms with Gasteiger partial charge in [0, 0.05) is 25.3 Å². The molecule has 0 saturated carbocycles. The first-order chi connectivity index (χ1) is 7.27. The Hall–Kier alpha value is -1.06. The van der Waals surface area contributed by atoms with Gasteiger partial charge in [-0.15, -0.1) is 0 Å². The fraction of sp³-hybridized carbons (Fsp3) is 0.500. The summed E-state index contributed by atoms with van der Waals surface area (Å²) in [5, 5.41) is 12.2. The Morgan fingerprint density at radius 1 is 1.40 bits per heavy atom. The lowest BCUT2D eigenvalue weighted by atomic mass is 10.1. The van der Waals surface area contributed by atoms with Crippen molar-refractivity contribution < 1.29 is 9.84 Å². The maximum atomic E-state index is 8.87. The molecule has 0 heterocycles. The molecule has 1 rings (SSSR count). The van der Waals surface area contributed by atoms with Crippen LogP contribution in [-0.2, 0) is 6.54 Å². The second kappa shape index (κ2) is 6.43. The minimum Gasteiger partial charge on any atom is -0.496 e. The molecule has 1 aromatic carbocycles. The normalized spacial score (nSPS) is 12.5. The summed E-state index contributed by atoms with van der Waals surface area (Å²) in [6.45, 7) is 3.82. The molecule has 2 N–H and O–H groups in total. The monoisotopic (exact) mass is 209 g/mol. The van der Waals surface area contributed by atoms with E-state index in [0.717, 1.165) is 24.4 Å². The van der Waals surface area contributed by atoms with Crippen LogP contribution in [0.2, 0.25) is 0 Å². The highest BCUT2D eigenvalue weighted by atomic mass is 16.5. The summed E-state index contributed by atoms with van der Waals surface area (Å²) in [6.07, 6.45) is 0. The molecule has 1 atom stereocenters. The van der Waals surface area contributed by atoms with Crippen molar-refractivity contribution in [3.05, 3.63) is 29.8 Å². The van der Waals surface area contributed by atoms with E-state index < -0.39 is 0 Å². The number of aliphatic hydroxyl groups excluding tert-OH is 1. The molecule has 0 bridgehead atoms. The van der Waals surface area contributed by atoms with Gasteiger partial charge in [0.05, 0.1) is 7.11 Å². The second-order valence-electron chi connectivity index (χ2n) is 3.73. The summed E-state index contributed by atoms with van der Waals surface area (Å²) in [6, 6.07) is 7.94. The molecule has 0 radical (unpaired) electrons. The van der Waals surface area contributed by atoms with Gasteiger partial charge in [-0.3, -0.25) is 0 Å². The van der Waals surface area contributed by atoms with Gasteiger partial charge in [0.25, 0.3) is 0 Å². The molecule has 0 fully saturated rings. The van der Waals surface area contributed by atoms with E-state index >= 15 is 0 Å². The van der Waals surface area contributed by atoms with E-state index in [1.165, 1.54) is 0 Å². The van der Waals surface area contributed by atoms with Crippen molar-refractivity contribution in [3.63, 3.8) is 0 Å². The van der Waals surface area contributed by atoms with E-state index in [2.05, 4.69) is 5.32 Å². The molecular weight excluding hydrogens is 190 g/mol. The molecule has 84 valence electrons. The highest BCUT2D eigenvalue weighted by molar-refractivity contribution is 5.32. The van der Waals surface area contributed by atoms with E-state index in [1.807, 2.05) is 31.2 Å². The van der Waals surface area contributed by atoms with Crippen molar-refractivity contribution >= 4 is 0 Å². The SMILES string of the molecule is COc1ccccc1CNCC(C)CO. The van der Waals surface area contributed by atoms with Crippen LogP contribution in [0.5, 0.6) is 5.75 Å². The Bertz CT molecular complexity index is 289. The molecule has 3 heteroatoms. The van der Waals surface area contributed by atoms with Crippen molar-refractivity contribution in [1.29, 1.82) is 0 Å². The molecule has 0 aliphatic heterocycles. The number of aliphatic hydroxyl groups is 1. The van der Waals surface area contributed by atoms with Crippen molar-refractivity contribution in [1.82, 2.24) is 5.32 Å². The molecule has 0 saturated heterocycles. The summed E-state index contributed by atoms with van der Waals surface area (Å²) < 4.78 is 5.24. The van der Waals surface area contributed by atoms with Crippen LogP contribution in [0.4, 0.5) is 0 Å². The summed E-state index contributed by atoms with van der Waals surface area (Å²) >= 11 is 0. The Morgan fingerprint density at radius 2 is 2.13 bits per heavy atom. The lowest BCUT2D eigenvalue weighted by Crippen LogP contribution is -2.22. The van der Waals surface area contributed by atoms with Gasteiger partial charge in [0.2, 0.25) is 0 Å². The van der Waals surface area contributed by atoms with Gasteiger partial charge in [-0.2, -0.15) is 0 Å². The zero-order valence-corrected chi connectivity index (χ0v) is 9.36. The van der Waals surface area contributed by atoms with Crippen molar-refractivity contribution in [2.75, 3.05) is 20.3 Å². The zero-order chi connectivity index (χ0) is 11.1. The van der Waals surface area contributed by atoms with Crippen LogP contribution in [0.3, 0.4) is 0 Å². The Balaban J connectivity index is 2.43. The average Bonchev–Trinajstić information content (AvgIpc) is 2.29. The predicted molar refractivity (Wildman–Crippen MR) is 61.0 cm³/mol. The molecular formula is C12H19NO2. The van der Waals surface area contributed by atoms with Crippen LogP contribution in [0.25, 0.3) is 0 Å². The number of benzene rings is 1. The van der Waals surface area contributed by atoms with E-state index in [0.29, 0.717) is 5.92 Å². The first-order valence-corrected chi connectivity index (χ1v) is 5.21. The van der Waals surface area contributed by atoms with E-state index in [1.54, 1.807) is 7.11 Å². The summed E-state index contributed by atoms with van der Waals surface area (Å²) in [4.78, 5) is 0. The molecule has 0 aliphatic rings. The molecule has 0 amide bonds. The van der Waals surface area contributed by atoms with E-state index in [-0.39, 0.29) is 6.61 Å². The Morgan fingerprint density at radius 3 is 2.80 bits per heavy atom. The van der Waals surface area contributed by atoms with Gasteiger partial charge in [-0.05, 0) is 12.0 Å². The number of nitrogens with one attached hydrogen (secondary N) is 1. The number of hydrogen-bond acceptors (Lipinski definition) is 3. The van der Waals surface area contributed by atoms with E-state index in [4.69, 9.17) is 9.84 Å². The standard InChI is InChI=1S/C12H19NO2/c1-10(9-14)7-13-8-11-5-3-4-6-12(11)15-2/h3-6,10,13-14H,7-9H2,1-2H3. The quantitative estimate of drug-likeness (QED) is 0.744. The number of para-hydroxylation sites is 1. The van der Waals surface area contributed by atoms with Gasteiger partial charge in [0.1, 0.15) is 5.75 Å². The maximum Gasteiger partial charge on any atom is 0.123 e. The van der Waals surface area contributed by atoms with Crippen LogP contribution >= 0.6 is 0 Å². The largest absolute Gasteiger partial charge is 0.496 e. The zero-order valence-electron chi connectivity index (χ0n) is 9.36. The van der Waals surface area contributed by atoms with Gasteiger partial charge in [0.15, 0.2) is 0 Å². The minimum atomic E-state index is 0.221. The van der Waals surface area contributed by atoms with E-state index in [9.17, 15) is 0 Å². The summed E-state index contributed by atoms with van der Waals surface area (Å²) in [5.41, 5.74) is 1.14. The molecule has 15 heavy (non-hydrogen) atoms. The Kier molecular flexibility index (Phi) is 5.15. The van der Waals surface area contributed by atoms with Crippen LogP contribution < -0.4 is 10.1 Å². The van der Waals surface area contributed by atoms with Crippen LogP contribution in [0, 0.1) is 5.92 Å². The minimum absolute atomic E-state index is 0.221. The molecule has 0 spiro atoms. The molecule has 0 aromatic heterocycles. The number of methoxy groups -OCH3 is 1. The number of rotatable bonds is 6. The van der Waals surface area contributed by atoms with Crippen molar-refractivity contribution in [2.45, 2.75) is 13.5 Å². The lowest BCUT2D eigenvalue weighted by molar-refractivity contribution is 0.233. The number of hydrogen-bond donors (Lipinski definition) is 2. The smallest absolute Gasteiger partial charge is 0.123 e. The highest BCUT2D eigenvalue weighted by Gasteiger charge is 2.02. The first-order valence-electron chi connectivity index (χ1n) is 5.21. The topological polar surface area (TPSA) is 41.5 Å². The summed E-state index contributed by atoms with van der Waals surface area (Å²) in [5.74, 6) is 1.20. The van der Waals surface area contributed by atoms with Crippen LogP contribution in [-0.4, -0.2) is 25.4 Å². The molecule has 0 aliphatic carbocycles. The number of ether oxygens (including phenoxy) is 1. The van der Waals surface area contributed by atoms with Crippen LogP contribution in [0.1, 0.15) is 12.5 Å². The average molecular weight is 209 g/mol. The third-order valence-corrected chi connectivity index (χ3v) is 2.31. The molecule has 3 nitrogen and oxygen atoms in total. The van der Waals surface area contributed by atoms with Gasteiger partial charge >= 0.3 is 0 Å².